The third-order valence-electron chi connectivity index (χ3n) is 3.73. The molecule has 124 valence electrons. The lowest BCUT2D eigenvalue weighted by molar-refractivity contribution is 0.208. The maximum Gasteiger partial charge on any atom is 0.227 e. The highest BCUT2D eigenvalue weighted by Gasteiger charge is 2.20. The third-order valence-corrected chi connectivity index (χ3v) is 3.73. The molecule has 7 nitrogen and oxygen atoms in total. The molecule has 0 saturated heterocycles. The summed E-state index contributed by atoms with van der Waals surface area (Å²) in [7, 11) is 0. The summed E-state index contributed by atoms with van der Waals surface area (Å²) in [6.07, 6.45) is 4.98. The van der Waals surface area contributed by atoms with Crippen LogP contribution in [0, 0.1) is 0 Å². The first-order valence-corrected chi connectivity index (χ1v) is 8.14. The zero-order valence-corrected chi connectivity index (χ0v) is 13.4. The van der Waals surface area contributed by atoms with Gasteiger partial charge in [0.2, 0.25) is 11.9 Å². The van der Waals surface area contributed by atoms with E-state index >= 15 is 0 Å². The topological polar surface area (TPSA) is 103 Å². The van der Waals surface area contributed by atoms with Gasteiger partial charge in [0, 0.05) is 19.0 Å². The van der Waals surface area contributed by atoms with Crippen LogP contribution < -0.4 is 10.6 Å². The number of anilines is 2. The number of rotatable bonds is 7. The molecule has 22 heavy (non-hydrogen) atoms. The minimum atomic E-state index is -0.469. The van der Waals surface area contributed by atoms with E-state index in [2.05, 4.69) is 25.6 Å². The molecule has 0 spiro atoms. The molecule has 0 aromatic carbocycles. The van der Waals surface area contributed by atoms with E-state index in [0.717, 1.165) is 18.7 Å². The summed E-state index contributed by atoms with van der Waals surface area (Å²) in [6.45, 7) is 4.21. The molecule has 1 aliphatic rings. The summed E-state index contributed by atoms with van der Waals surface area (Å²) in [5.41, 5.74) is 0. The molecule has 1 aromatic heterocycles. The quantitative estimate of drug-likeness (QED) is 0.605. The average molecular weight is 309 g/mol. The number of aliphatic hydroxyl groups is 2. The molecule has 1 aromatic rings. The third kappa shape index (κ3) is 5.38. The van der Waals surface area contributed by atoms with E-state index in [-0.39, 0.29) is 0 Å². The SMILES string of the molecule is CC(O)CNc1nc(NCC(C)O)nc(C2CCCCC2)n1. The second kappa shape index (κ2) is 8.24. The molecule has 1 heterocycles. The Labute approximate surface area is 131 Å². The number of aliphatic hydroxyl groups excluding tert-OH is 2. The fourth-order valence-electron chi connectivity index (χ4n) is 2.57. The van der Waals surface area contributed by atoms with Crippen LogP contribution in [0.15, 0.2) is 0 Å². The molecule has 4 N–H and O–H groups in total. The van der Waals surface area contributed by atoms with E-state index in [1.165, 1.54) is 19.3 Å². The van der Waals surface area contributed by atoms with Gasteiger partial charge in [0.05, 0.1) is 12.2 Å². The highest BCUT2D eigenvalue weighted by atomic mass is 16.3. The summed E-state index contributed by atoms with van der Waals surface area (Å²) >= 11 is 0. The van der Waals surface area contributed by atoms with Crippen LogP contribution >= 0.6 is 0 Å². The van der Waals surface area contributed by atoms with Crippen molar-refractivity contribution in [1.82, 2.24) is 15.0 Å². The predicted molar refractivity (Wildman–Crippen MR) is 86.0 cm³/mol. The van der Waals surface area contributed by atoms with Crippen LogP contribution in [0.1, 0.15) is 57.7 Å². The lowest BCUT2D eigenvalue weighted by Crippen LogP contribution is -2.21. The van der Waals surface area contributed by atoms with Crippen molar-refractivity contribution >= 4 is 11.9 Å². The van der Waals surface area contributed by atoms with Crippen molar-refractivity contribution in [2.45, 2.75) is 64.1 Å². The Hall–Kier alpha value is -1.47. The molecule has 1 fully saturated rings. The fraction of sp³-hybridized carbons (Fsp3) is 0.800. The minimum Gasteiger partial charge on any atom is -0.392 e. The summed E-state index contributed by atoms with van der Waals surface area (Å²) in [6, 6.07) is 0. The van der Waals surface area contributed by atoms with Gasteiger partial charge in [0.15, 0.2) is 0 Å². The molecule has 1 aliphatic carbocycles. The largest absolute Gasteiger partial charge is 0.392 e. The second-order valence-electron chi connectivity index (χ2n) is 6.14. The first-order valence-electron chi connectivity index (χ1n) is 8.14. The van der Waals surface area contributed by atoms with Crippen LogP contribution in [0.25, 0.3) is 0 Å². The van der Waals surface area contributed by atoms with Crippen molar-refractivity contribution in [2.24, 2.45) is 0 Å². The van der Waals surface area contributed by atoms with E-state index in [9.17, 15) is 10.2 Å². The van der Waals surface area contributed by atoms with Gasteiger partial charge in [-0.2, -0.15) is 15.0 Å². The summed E-state index contributed by atoms with van der Waals surface area (Å²) in [5, 5.41) is 24.9. The molecular weight excluding hydrogens is 282 g/mol. The van der Waals surface area contributed by atoms with Crippen molar-refractivity contribution in [3.63, 3.8) is 0 Å². The van der Waals surface area contributed by atoms with Crippen LogP contribution in [0.4, 0.5) is 11.9 Å². The summed E-state index contributed by atoms with van der Waals surface area (Å²) in [4.78, 5) is 13.3. The van der Waals surface area contributed by atoms with Gasteiger partial charge in [0.1, 0.15) is 5.82 Å². The van der Waals surface area contributed by atoms with E-state index in [4.69, 9.17) is 0 Å². The van der Waals surface area contributed by atoms with Crippen molar-refractivity contribution < 1.29 is 10.2 Å². The Kier molecular flexibility index (Phi) is 6.33. The van der Waals surface area contributed by atoms with Crippen molar-refractivity contribution in [3.8, 4) is 0 Å². The molecule has 2 rings (SSSR count). The number of nitrogens with zero attached hydrogens (tertiary/aromatic N) is 3. The van der Waals surface area contributed by atoms with Gasteiger partial charge >= 0.3 is 0 Å². The zero-order chi connectivity index (χ0) is 15.9. The van der Waals surface area contributed by atoms with Crippen molar-refractivity contribution in [3.05, 3.63) is 5.82 Å². The maximum absolute atomic E-state index is 9.39. The van der Waals surface area contributed by atoms with Crippen LogP contribution in [-0.4, -0.2) is 50.5 Å². The zero-order valence-electron chi connectivity index (χ0n) is 13.4. The molecular formula is C15H27N5O2. The fourth-order valence-corrected chi connectivity index (χ4v) is 2.57. The van der Waals surface area contributed by atoms with Crippen LogP contribution in [-0.2, 0) is 0 Å². The Balaban J connectivity index is 2.14. The number of aromatic nitrogens is 3. The van der Waals surface area contributed by atoms with Gasteiger partial charge in [-0.05, 0) is 26.7 Å². The van der Waals surface area contributed by atoms with E-state index in [0.29, 0.717) is 30.9 Å². The summed E-state index contributed by atoms with van der Waals surface area (Å²) < 4.78 is 0. The van der Waals surface area contributed by atoms with Gasteiger partial charge in [0.25, 0.3) is 0 Å². The van der Waals surface area contributed by atoms with E-state index in [1.54, 1.807) is 13.8 Å². The molecule has 2 atom stereocenters. The summed E-state index contributed by atoms with van der Waals surface area (Å²) in [5.74, 6) is 2.13. The lowest BCUT2D eigenvalue weighted by atomic mass is 9.89. The smallest absolute Gasteiger partial charge is 0.227 e. The second-order valence-corrected chi connectivity index (χ2v) is 6.14. The minimum absolute atomic E-state index is 0.371. The highest BCUT2D eigenvalue weighted by molar-refractivity contribution is 5.35. The molecule has 2 unspecified atom stereocenters. The Morgan fingerprint density at radius 2 is 1.41 bits per heavy atom. The predicted octanol–water partition coefficient (Wildman–Crippen LogP) is 1.50. The van der Waals surface area contributed by atoms with Gasteiger partial charge in [-0.1, -0.05) is 19.3 Å². The monoisotopic (exact) mass is 309 g/mol. The van der Waals surface area contributed by atoms with Gasteiger partial charge in [-0.15, -0.1) is 0 Å². The first kappa shape index (κ1) is 16.9. The van der Waals surface area contributed by atoms with Crippen LogP contribution in [0.2, 0.25) is 0 Å². The van der Waals surface area contributed by atoms with E-state index < -0.39 is 12.2 Å². The number of hydrogen-bond acceptors (Lipinski definition) is 7. The van der Waals surface area contributed by atoms with Crippen molar-refractivity contribution in [2.75, 3.05) is 23.7 Å². The maximum atomic E-state index is 9.39. The number of nitrogens with one attached hydrogen (secondary N) is 2. The normalized spacial score (nSPS) is 18.7. The average Bonchev–Trinajstić information content (AvgIpc) is 2.51. The standard InChI is InChI=1S/C15H27N5O2/c1-10(21)8-16-14-18-13(12-6-4-3-5-7-12)19-15(20-14)17-9-11(2)22/h10-12,21-22H,3-9H2,1-2H3,(H2,16,17,18,19,20). The molecule has 0 bridgehead atoms. The molecule has 7 heteroatoms. The Morgan fingerprint density at radius 3 is 1.86 bits per heavy atom. The van der Waals surface area contributed by atoms with E-state index in [1.807, 2.05) is 0 Å². The van der Waals surface area contributed by atoms with Crippen LogP contribution in [0.3, 0.4) is 0 Å². The number of hydrogen-bond donors (Lipinski definition) is 4. The van der Waals surface area contributed by atoms with Crippen LogP contribution in [0.5, 0.6) is 0 Å². The van der Waals surface area contributed by atoms with Gasteiger partial charge < -0.3 is 20.8 Å². The molecule has 0 aliphatic heterocycles. The molecule has 0 radical (unpaired) electrons. The van der Waals surface area contributed by atoms with Crippen molar-refractivity contribution in [1.29, 1.82) is 0 Å². The molecule has 1 saturated carbocycles. The highest BCUT2D eigenvalue weighted by Crippen LogP contribution is 2.31. The Morgan fingerprint density at radius 1 is 0.909 bits per heavy atom. The van der Waals surface area contributed by atoms with Gasteiger partial charge in [-0.3, -0.25) is 0 Å². The first-order chi connectivity index (χ1) is 10.5. The Bertz CT molecular complexity index is 431. The molecule has 0 amide bonds. The lowest BCUT2D eigenvalue weighted by Gasteiger charge is -2.21. The van der Waals surface area contributed by atoms with Gasteiger partial charge in [-0.25, -0.2) is 0 Å².